The Morgan fingerprint density at radius 2 is 2.28 bits per heavy atom. The van der Waals surface area contributed by atoms with Crippen molar-refractivity contribution in [3.63, 3.8) is 0 Å². The van der Waals surface area contributed by atoms with Gasteiger partial charge in [0.2, 0.25) is 0 Å². The molecule has 0 saturated carbocycles. The van der Waals surface area contributed by atoms with Crippen molar-refractivity contribution in [2.45, 2.75) is 20.3 Å². The molecule has 0 unspecified atom stereocenters. The van der Waals surface area contributed by atoms with Crippen molar-refractivity contribution in [3.05, 3.63) is 36.4 Å². The fourth-order valence-electron chi connectivity index (χ4n) is 1.60. The van der Waals surface area contributed by atoms with Gasteiger partial charge in [-0.3, -0.25) is 4.79 Å². The molecule has 0 bridgehead atoms. The average molecular weight is 423 g/mol. The maximum absolute atomic E-state index is 11.9. The van der Waals surface area contributed by atoms with Gasteiger partial charge in [-0.05, 0) is 56.9 Å². The van der Waals surface area contributed by atoms with E-state index in [-0.39, 0.29) is 5.56 Å². The van der Waals surface area contributed by atoms with Gasteiger partial charge in [0.1, 0.15) is 0 Å². The molecular formula is C12H12BrIN2O2. The number of furan rings is 1. The third-order valence-electron chi connectivity index (χ3n) is 2.37. The van der Waals surface area contributed by atoms with Crippen LogP contribution in [0.2, 0.25) is 0 Å². The number of aromatic nitrogens is 2. The molecule has 18 heavy (non-hydrogen) atoms. The number of hydrogen-bond acceptors (Lipinski definition) is 3. The van der Waals surface area contributed by atoms with Crippen molar-refractivity contribution < 1.29 is 4.42 Å². The van der Waals surface area contributed by atoms with E-state index in [0.717, 1.165) is 16.6 Å². The van der Waals surface area contributed by atoms with Crippen LogP contribution in [-0.4, -0.2) is 9.97 Å². The van der Waals surface area contributed by atoms with Gasteiger partial charge in [-0.15, -0.1) is 0 Å². The van der Waals surface area contributed by atoms with E-state index in [0.29, 0.717) is 21.1 Å². The van der Waals surface area contributed by atoms with Gasteiger partial charge in [0.15, 0.2) is 11.6 Å². The van der Waals surface area contributed by atoms with Gasteiger partial charge in [-0.25, -0.2) is 4.98 Å². The second-order valence-corrected chi connectivity index (χ2v) is 6.30. The lowest BCUT2D eigenvalue weighted by molar-refractivity contribution is 0.573. The Morgan fingerprint density at radius 1 is 1.56 bits per heavy atom. The highest BCUT2D eigenvalue weighted by Gasteiger charge is 2.15. The molecule has 6 heteroatoms. The monoisotopic (exact) mass is 422 g/mol. The number of aromatic amines is 1. The Morgan fingerprint density at radius 3 is 2.83 bits per heavy atom. The summed E-state index contributed by atoms with van der Waals surface area (Å²) in [4.78, 5) is 19.1. The lowest BCUT2D eigenvalue weighted by Gasteiger charge is -2.07. The summed E-state index contributed by atoms with van der Waals surface area (Å²) in [6.45, 7) is 4.20. The summed E-state index contributed by atoms with van der Waals surface area (Å²) in [6, 6.07) is 1.77. The van der Waals surface area contributed by atoms with Crippen LogP contribution in [0.1, 0.15) is 19.5 Å². The summed E-state index contributed by atoms with van der Waals surface area (Å²) in [5.41, 5.74) is 0.687. The Kier molecular flexibility index (Phi) is 4.26. The van der Waals surface area contributed by atoms with Gasteiger partial charge in [0.05, 0.1) is 20.0 Å². The second kappa shape index (κ2) is 5.56. The number of nitrogens with zero attached hydrogens (tertiary/aromatic N) is 1. The first-order valence-electron chi connectivity index (χ1n) is 5.51. The van der Waals surface area contributed by atoms with Gasteiger partial charge in [0.25, 0.3) is 5.56 Å². The van der Waals surface area contributed by atoms with Crippen LogP contribution in [0.3, 0.4) is 0 Å². The summed E-state index contributed by atoms with van der Waals surface area (Å²) in [5, 5.41) is 0. The van der Waals surface area contributed by atoms with Crippen LogP contribution in [0.4, 0.5) is 0 Å². The zero-order chi connectivity index (χ0) is 13.3. The summed E-state index contributed by atoms with van der Waals surface area (Å²) < 4.78 is 6.75. The lowest BCUT2D eigenvalue weighted by atomic mass is 10.1. The van der Waals surface area contributed by atoms with Crippen molar-refractivity contribution in [1.82, 2.24) is 9.97 Å². The third kappa shape index (κ3) is 2.85. The Bertz CT molecular complexity index is 619. The van der Waals surface area contributed by atoms with E-state index in [1.54, 1.807) is 12.3 Å². The first-order valence-corrected chi connectivity index (χ1v) is 7.38. The molecule has 0 aromatic carbocycles. The van der Waals surface area contributed by atoms with Crippen molar-refractivity contribution in [1.29, 1.82) is 0 Å². The summed E-state index contributed by atoms with van der Waals surface area (Å²) in [5.74, 6) is 1.46. The first kappa shape index (κ1) is 13.8. The van der Waals surface area contributed by atoms with Crippen LogP contribution >= 0.6 is 38.5 Å². The topological polar surface area (TPSA) is 58.9 Å². The first-order chi connectivity index (χ1) is 8.49. The maximum atomic E-state index is 11.9. The van der Waals surface area contributed by atoms with Crippen molar-refractivity contribution in [2.24, 2.45) is 5.92 Å². The molecule has 0 aliphatic heterocycles. The van der Waals surface area contributed by atoms with Gasteiger partial charge in [-0.2, -0.15) is 0 Å². The number of nitrogens with one attached hydrogen (secondary N) is 1. The molecule has 0 radical (unpaired) electrons. The highest BCUT2D eigenvalue weighted by molar-refractivity contribution is 14.1. The summed E-state index contributed by atoms with van der Waals surface area (Å²) in [7, 11) is 0. The minimum absolute atomic E-state index is 0.125. The largest absolute Gasteiger partial charge is 0.460 e. The van der Waals surface area contributed by atoms with Gasteiger partial charge >= 0.3 is 0 Å². The van der Waals surface area contributed by atoms with E-state index in [2.05, 4.69) is 39.7 Å². The quantitative estimate of drug-likeness (QED) is 0.769. The molecule has 0 fully saturated rings. The van der Waals surface area contributed by atoms with Gasteiger partial charge < -0.3 is 9.40 Å². The SMILES string of the molecule is CC(C)Cc1nc(-c2occc2Br)[nH]c(=O)c1I. The standard InChI is InChI=1S/C12H12BrIN2O2/c1-6(2)5-8-9(14)12(17)16-11(15-8)10-7(13)3-4-18-10/h3-4,6H,5H2,1-2H3,(H,15,16,17). The lowest BCUT2D eigenvalue weighted by Crippen LogP contribution is -2.17. The Hall–Kier alpha value is -0.630. The van der Waals surface area contributed by atoms with Crippen LogP contribution in [-0.2, 0) is 6.42 Å². The molecule has 0 spiro atoms. The summed E-state index contributed by atoms with van der Waals surface area (Å²) >= 11 is 5.40. The normalized spacial score (nSPS) is 11.2. The van der Waals surface area contributed by atoms with Gasteiger partial charge in [-0.1, -0.05) is 13.8 Å². The molecule has 0 saturated heterocycles. The van der Waals surface area contributed by atoms with Gasteiger partial charge in [0, 0.05) is 0 Å². The maximum Gasteiger partial charge on any atom is 0.264 e. The molecular weight excluding hydrogens is 411 g/mol. The fourth-order valence-corrected chi connectivity index (χ4v) is 2.46. The van der Waals surface area contributed by atoms with Crippen LogP contribution in [0.15, 0.2) is 26.0 Å². The number of rotatable bonds is 3. The molecule has 1 N–H and O–H groups in total. The predicted octanol–water partition coefficient (Wildman–Crippen LogP) is 3.60. The van der Waals surface area contributed by atoms with Crippen LogP contribution < -0.4 is 5.56 Å². The zero-order valence-electron chi connectivity index (χ0n) is 9.96. The predicted molar refractivity (Wildman–Crippen MR) is 81.5 cm³/mol. The van der Waals surface area contributed by atoms with E-state index in [9.17, 15) is 4.79 Å². The summed E-state index contributed by atoms with van der Waals surface area (Å²) in [6.07, 6.45) is 2.33. The van der Waals surface area contributed by atoms with Crippen molar-refractivity contribution >= 4 is 38.5 Å². The molecule has 0 amide bonds. The van der Waals surface area contributed by atoms with E-state index < -0.39 is 0 Å². The molecule has 4 nitrogen and oxygen atoms in total. The zero-order valence-corrected chi connectivity index (χ0v) is 13.7. The Labute approximate surface area is 126 Å². The number of hydrogen-bond donors (Lipinski definition) is 1. The molecule has 2 aromatic heterocycles. The average Bonchev–Trinajstić information content (AvgIpc) is 2.70. The highest BCUT2D eigenvalue weighted by atomic mass is 127. The number of halogens is 2. The van der Waals surface area contributed by atoms with Crippen molar-refractivity contribution in [2.75, 3.05) is 0 Å². The molecule has 2 heterocycles. The minimum atomic E-state index is -0.125. The number of H-pyrrole nitrogens is 1. The third-order valence-corrected chi connectivity index (χ3v) is 4.10. The highest BCUT2D eigenvalue weighted by Crippen LogP contribution is 2.26. The van der Waals surface area contributed by atoms with E-state index in [1.807, 2.05) is 22.6 Å². The molecule has 0 aliphatic rings. The fraction of sp³-hybridized carbons (Fsp3) is 0.333. The van der Waals surface area contributed by atoms with Crippen LogP contribution in [0.5, 0.6) is 0 Å². The minimum Gasteiger partial charge on any atom is -0.460 e. The van der Waals surface area contributed by atoms with E-state index in [4.69, 9.17) is 4.42 Å². The molecule has 0 atom stereocenters. The Balaban J connectivity index is 2.54. The van der Waals surface area contributed by atoms with Crippen LogP contribution in [0.25, 0.3) is 11.6 Å². The second-order valence-electron chi connectivity index (χ2n) is 4.37. The smallest absolute Gasteiger partial charge is 0.264 e. The van der Waals surface area contributed by atoms with E-state index in [1.165, 1.54) is 0 Å². The van der Waals surface area contributed by atoms with Crippen molar-refractivity contribution in [3.8, 4) is 11.6 Å². The van der Waals surface area contributed by atoms with E-state index >= 15 is 0 Å². The molecule has 2 aromatic rings. The molecule has 96 valence electrons. The molecule has 0 aliphatic carbocycles. The van der Waals surface area contributed by atoms with Crippen LogP contribution in [0, 0.1) is 9.49 Å². The molecule has 2 rings (SSSR count).